The van der Waals surface area contributed by atoms with E-state index in [1.54, 1.807) is 35.0 Å². The van der Waals surface area contributed by atoms with Crippen molar-refractivity contribution in [3.8, 4) is 5.75 Å². The van der Waals surface area contributed by atoms with Gasteiger partial charge in [-0.2, -0.15) is 5.10 Å². The fraction of sp³-hybridized carbons (Fsp3) is 0.353. The Morgan fingerprint density at radius 3 is 2.65 bits per heavy atom. The largest absolute Gasteiger partial charge is 0.426 e. The molecule has 23 heavy (non-hydrogen) atoms. The highest BCUT2D eigenvalue weighted by molar-refractivity contribution is 5.83. The number of para-hydroxylation sites is 1. The van der Waals surface area contributed by atoms with Gasteiger partial charge in [-0.3, -0.25) is 14.3 Å². The summed E-state index contributed by atoms with van der Waals surface area (Å²) in [6, 6.07) is 8.64. The maximum absolute atomic E-state index is 12.6. The second kappa shape index (κ2) is 6.24. The summed E-state index contributed by atoms with van der Waals surface area (Å²) in [6.07, 6.45) is 4.36. The fourth-order valence-corrected chi connectivity index (χ4v) is 3.01. The molecule has 2 heterocycles. The van der Waals surface area contributed by atoms with Crippen LogP contribution in [0.4, 0.5) is 0 Å². The zero-order valence-electron chi connectivity index (χ0n) is 13.2. The first-order valence-corrected chi connectivity index (χ1v) is 7.57. The summed E-state index contributed by atoms with van der Waals surface area (Å²) in [5.74, 6) is -0.170. The van der Waals surface area contributed by atoms with Crippen LogP contribution in [0.2, 0.25) is 0 Å². The Labute approximate surface area is 134 Å². The topological polar surface area (TPSA) is 64.4 Å². The minimum absolute atomic E-state index is 0.0302. The Hall–Kier alpha value is -2.63. The quantitative estimate of drug-likeness (QED) is 0.641. The summed E-state index contributed by atoms with van der Waals surface area (Å²) in [7, 11) is 3.54. The highest BCUT2D eigenvalue weighted by Gasteiger charge is 2.40. The summed E-state index contributed by atoms with van der Waals surface area (Å²) in [5, 5.41) is 4.16. The summed E-state index contributed by atoms with van der Waals surface area (Å²) in [5.41, 5.74) is 0.845. The first kappa shape index (κ1) is 15.3. The van der Waals surface area contributed by atoms with E-state index >= 15 is 0 Å². The highest BCUT2D eigenvalue weighted by Crippen LogP contribution is 2.36. The van der Waals surface area contributed by atoms with Gasteiger partial charge in [0.15, 0.2) is 0 Å². The van der Waals surface area contributed by atoms with Gasteiger partial charge in [0.2, 0.25) is 5.91 Å². The van der Waals surface area contributed by atoms with Crippen LogP contribution in [0.5, 0.6) is 5.75 Å². The number of rotatable bonds is 3. The minimum Gasteiger partial charge on any atom is -0.426 e. The smallest absolute Gasteiger partial charge is 0.316 e. The molecular formula is C17H19N3O3. The number of likely N-dealkylation sites (tertiary alicyclic amines) is 1. The van der Waals surface area contributed by atoms with Crippen molar-refractivity contribution in [2.45, 2.75) is 18.9 Å². The van der Waals surface area contributed by atoms with Gasteiger partial charge in [0.1, 0.15) is 5.75 Å². The third-order valence-electron chi connectivity index (χ3n) is 4.19. The van der Waals surface area contributed by atoms with Gasteiger partial charge in [-0.05, 0) is 18.6 Å². The van der Waals surface area contributed by atoms with E-state index in [0.29, 0.717) is 18.6 Å². The number of aryl methyl sites for hydroxylation is 1. The molecule has 1 amide bonds. The Morgan fingerprint density at radius 2 is 2.00 bits per heavy atom. The number of benzene rings is 1. The standard InChI is InChI=1S/C17H19N3O3/c1-19-11-12(10-18-19)16-14(8-9-15(21)20(16)2)17(22)23-13-6-4-3-5-7-13/h3-7,10-11,14,16H,8-9H2,1-2H3. The number of carbonyl (C=O) groups is 2. The summed E-state index contributed by atoms with van der Waals surface area (Å²) in [4.78, 5) is 26.3. The van der Waals surface area contributed by atoms with Crippen molar-refractivity contribution in [2.24, 2.45) is 13.0 Å². The van der Waals surface area contributed by atoms with E-state index in [9.17, 15) is 9.59 Å². The second-order valence-corrected chi connectivity index (χ2v) is 5.78. The molecule has 0 aliphatic carbocycles. The number of hydrogen-bond donors (Lipinski definition) is 0. The molecule has 0 spiro atoms. The van der Waals surface area contributed by atoms with E-state index in [1.165, 1.54) is 0 Å². The van der Waals surface area contributed by atoms with E-state index in [1.807, 2.05) is 31.4 Å². The third-order valence-corrected chi connectivity index (χ3v) is 4.19. The first-order chi connectivity index (χ1) is 11.1. The lowest BCUT2D eigenvalue weighted by Gasteiger charge is -2.37. The highest BCUT2D eigenvalue weighted by atomic mass is 16.5. The molecule has 0 radical (unpaired) electrons. The molecule has 1 aromatic carbocycles. The SMILES string of the molecule is CN1C(=O)CCC(C(=O)Oc2ccccc2)C1c1cnn(C)c1. The average molecular weight is 313 g/mol. The molecule has 2 unspecified atom stereocenters. The second-order valence-electron chi connectivity index (χ2n) is 5.78. The van der Waals surface area contributed by atoms with Gasteiger partial charge in [-0.25, -0.2) is 0 Å². The molecule has 3 rings (SSSR count). The molecule has 0 bridgehead atoms. The molecule has 2 aromatic rings. The van der Waals surface area contributed by atoms with E-state index in [0.717, 1.165) is 5.56 Å². The van der Waals surface area contributed by atoms with Crippen LogP contribution in [0, 0.1) is 5.92 Å². The summed E-state index contributed by atoms with van der Waals surface area (Å²) >= 11 is 0. The van der Waals surface area contributed by atoms with Crippen LogP contribution in [0.3, 0.4) is 0 Å². The van der Waals surface area contributed by atoms with Gasteiger partial charge in [0, 0.05) is 32.3 Å². The maximum atomic E-state index is 12.6. The molecule has 1 aliphatic heterocycles. The van der Waals surface area contributed by atoms with Gasteiger partial charge < -0.3 is 9.64 Å². The van der Waals surface area contributed by atoms with Crippen LogP contribution >= 0.6 is 0 Å². The number of aromatic nitrogens is 2. The third kappa shape index (κ3) is 3.11. The number of piperidine rings is 1. The number of carbonyl (C=O) groups excluding carboxylic acids is 2. The molecule has 1 fully saturated rings. The van der Waals surface area contributed by atoms with Crippen molar-refractivity contribution in [3.63, 3.8) is 0 Å². The number of amides is 1. The van der Waals surface area contributed by atoms with E-state index in [-0.39, 0.29) is 17.9 Å². The number of esters is 1. The Kier molecular flexibility index (Phi) is 4.14. The van der Waals surface area contributed by atoms with E-state index < -0.39 is 5.92 Å². The number of nitrogens with zero attached hydrogens (tertiary/aromatic N) is 3. The molecule has 0 saturated carbocycles. The molecular weight excluding hydrogens is 294 g/mol. The molecule has 6 heteroatoms. The Balaban J connectivity index is 1.85. The van der Waals surface area contributed by atoms with Gasteiger partial charge in [0.05, 0.1) is 18.2 Å². The van der Waals surface area contributed by atoms with E-state index in [4.69, 9.17) is 4.74 Å². The molecule has 1 aliphatic rings. The monoisotopic (exact) mass is 313 g/mol. The van der Waals surface area contributed by atoms with Gasteiger partial charge in [0.25, 0.3) is 0 Å². The van der Waals surface area contributed by atoms with Crippen molar-refractivity contribution in [2.75, 3.05) is 7.05 Å². The first-order valence-electron chi connectivity index (χ1n) is 7.57. The summed E-state index contributed by atoms with van der Waals surface area (Å²) in [6.45, 7) is 0. The predicted molar refractivity (Wildman–Crippen MR) is 83.5 cm³/mol. The predicted octanol–water partition coefficient (Wildman–Crippen LogP) is 1.94. The zero-order valence-corrected chi connectivity index (χ0v) is 13.2. The zero-order chi connectivity index (χ0) is 16.4. The van der Waals surface area contributed by atoms with Crippen LogP contribution < -0.4 is 4.74 Å². The van der Waals surface area contributed by atoms with Gasteiger partial charge in [-0.15, -0.1) is 0 Å². The van der Waals surface area contributed by atoms with Crippen LogP contribution in [-0.2, 0) is 16.6 Å². The molecule has 0 N–H and O–H groups in total. The lowest BCUT2D eigenvalue weighted by molar-refractivity contribution is -0.148. The summed E-state index contributed by atoms with van der Waals surface area (Å²) < 4.78 is 7.16. The maximum Gasteiger partial charge on any atom is 0.316 e. The lowest BCUT2D eigenvalue weighted by Crippen LogP contribution is -2.44. The normalized spacial score (nSPS) is 21.3. The van der Waals surface area contributed by atoms with Crippen molar-refractivity contribution in [1.82, 2.24) is 14.7 Å². The molecule has 1 saturated heterocycles. The van der Waals surface area contributed by atoms with Crippen LogP contribution in [0.25, 0.3) is 0 Å². The van der Waals surface area contributed by atoms with Crippen molar-refractivity contribution >= 4 is 11.9 Å². The van der Waals surface area contributed by atoms with Crippen molar-refractivity contribution in [1.29, 1.82) is 0 Å². The number of hydrogen-bond acceptors (Lipinski definition) is 4. The average Bonchev–Trinajstić information content (AvgIpc) is 2.96. The minimum atomic E-state index is -0.401. The van der Waals surface area contributed by atoms with Crippen LogP contribution in [0.1, 0.15) is 24.4 Å². The van der Waals surface area contributed by atoms with Gasteiger partial charge >= 0.3 is 5.97 Å². The molecule has 1 aromatic heterocycles. The fourth-order valence-electron chi connectivity index (χ4n) is 3.01. The Bertz CT molecular complexity index is 711. The molecule has 2 atom stereocenters. The van der Waals surface area contributed by atoms with Crippen LogP contribution in [-0.4, -0.2) is 33.6 Å². The lowest BCUT2D eigenvalue weighted by atomic mass is 9.86. The van der Waals surface area contributed by atoms with Crippen LogP contribution in [0.15, 0.2) is 42.7 Å². The molecule has 120 valence electrons. The number of ether oxygens (including phenoxy) is 1. The van der Waals surface area contributed by atoms with E-state index in [2.05, 4.69) is 5.10 Å². The Morgan fingerprint density at radius 1 is 1.26 bits per heavy atom. The van der Waals surface area contributed by atoms with Crippen molar-refractivity contribution in [3.05, 3.63) is 48.3 Å². The molecule has 6 nitrogen and oxygen atoms in total. The van der Waals surface area contributed by atoms with Crippen molar-refractivity contribution < 1.29 is 14.3 Å². The van der Waals surface area contributed by atoms with Gasteiger partial charge in [-0.1, -0.05) is 18.2 Å².